The molecular formula is C23H28F2N6O2S. The van der Waals surface area contributed by atoms with Gasteiger partial charge in [0.15, 0.2) is 33.8 Å². The van der Waals surface area contributed by atoms with Crippen molar-refractivity contribution in [1.29, 1.82) is 0 Å². The third-order valence-corrected chi connectivity index (χ3v) is 7.42. The quantitative estimate of drug-likeness (QED) is 0.324. The highest BCUT2D eigenvalue weighted by atomic mass is 32.2. The van der Waals surface area contributed by atoms with Crippen LogP contribution in [0.1, 0.15) is 56.6 Å². The summed E-state index contributed by atoms with van der Waals surface area (Å²) in [5, 5.41) is 22.0. The van der Waals surface area contributed by atoms with E-state index in [0.29, 0.717) is 28.7 Å². The van der Waals surface area contributed by atoms with Crippen molar-refractivity contribution in [3.05, 3.63) is 35.4 Å². The average Bonchev–Trinajstić information content (AvgIpc) is 3.23. The minimum Gasteiger partial charge on any atom is -0.394 e. The number of thioether (sulfide) groups is 1. The van der Waals surface area contributed by atoms with Crippen molar-refractivity contribution in [1.82, 2.24) is 25.0 Å². The van der Waals surface area contributed by atoms with Crippen LogP contribution < -0.4 is 5.32 Å². The Morgan fingerprint density at radius 3 is 2.88 bits per heavy atom. The Labute approximate surface area is 200 Å². The molecule has 2 aliphatic rings. The number of aliphatic hydroxyl groups is 1. The summed E-state index contributed by atoms with van der Waals surface area (Å²) in [6.45, 7) is 2.46. The van der Waals surface area contributed by atoms with Crippen molar-refractivity contribution in [2.75, 3.05) is 24.3 Å². The van der Waals surface area contributed by atoms with Crippen LogP contribution >= 0.6 is 11.8 Å². The summed E-state index contributed by atoms with van der Waals surface area (Å²) in [5.74, 6) is -0.0613. The molecule has 2 fully saturated rings. The number of fused-ring (bicyclic) bond motifs is 1. The van der Waals surface area contributed by atoms with Gasteiger partial charge in [-0.25, -0.2) is 23.4 Å². The van der Waals surface area contributed by atoms with Crippen LogP contribution in [-0.4, -0.2) is 61.2 Å². The highest BCUT2D eigenvalue weighted by Crippen LogP contribution is 2.44. The molecule has 182 valence electrons. The molecule has 5 rings (SSSR count). The predicted octanol–water partition coefficient (Wildman–Crippen LogP) is 4.07. The number of aromatic nitrogens is 5. The van der Waals surface area contributed by atoms with E-state index in [-0.39, 0.29) is 30.7 Å². The van der Waals surface area contributed by atoms with Crippen LogP contribution in [0.15, 0.2) is 23.4 Å². The summed E-state index contributed by atoms with van der Waals surface area (Å²) in [7, 11) is 0. The highest BCUT2D eigenvalue weighted by molar-refractivity contribution is 7.99. The summed E-state index contributed by atoms with van der Waals surface area (Å²) in [6.07, 6.45) is 4.49. The van der Waals surface area contributed by atoms with Crippen molar-refractivity contribution in [2.24, 2.45) is 0 Å². The first-order valence-corrected chi connectivity index (χ1v) is 12.8. The van der Waals surface area contributed by atoms with E-state index in [4.69, 9.17) is 19.8 Å². The highest BCUT2D eigenvalue weighted by Gasteiger charge is 2.40. The molecule has 8 nitrogen and oxygen atoms in total. The Bertz CT molecular complexity index is 1160. The number of halogens is 2. The molecule has 2 heterocycles. The predicted molar refractivity (Wildman–Crippen MR) is 125 cm³/mol. The van der Waals surface area contributed by atoms with Crippen molar-refractivity contribution in [3.63, 3.8) is 0 Å². The van der Waals surface area contributed by atoms with Gasteiger partial charge in [-0.1, -0.05) is 30.0 Å². The molecule has 1 aromatic carbocycles. The number of nitrogens with one attached hydrogen (secondary N) is 1. The smallest absolute Gasteiger partial charge is 0.191 e. The van der Waals surface area contributed by atoms with Crippen LogP contribution in [0.25, 0.3) is 11.2 Å². The molecular weight excluding hydrogens is 462 g/mol. The van der Waals surface area contributed by atoms with E-state index < -0.39 is 11.6 Å². The summed E-state index contributed by atoms with van der Waals surface area (Å²) in [4.78, 5) is 9.48. The Morgan fingerprint density at radius 1 is 1.21 bits per heavy atom. The SMILES string of the molecule is CCCSc1nc(N[C@@H]2C[C@H]2c2ccc(F)c(F)c2)c2nnn([C@H]3CC[C@@H](OCCO)C3)c2n1. The largest absolute Gasteiger partial charge is 0.394 e. The van der Waals surface area contributed by atoms with Gasteiger partial charge in [0, 0.05) is 17.7 Å². The third-order valence-electron chi connectivity index (χ3n) is 6.37. The van der Waals surface area contributed by atoms with Gasteiger partial charge in [0.1, 0.15) is 0 Å². The number of ether oxygens (including phenoxy) is 1. The van der Waals surface area contributed by atoms with Crippen molar-refractivity contribution >= 4 is 28.7 Å². The lowest BCUT2D eigenvalue weighted by Crippen LogP contribution is -2.14. The van der Waals surface area contributed by atoms with Gasteiger partial charge < -0.3 is 15.2 Å². The number of hydrogen-bond acceptors (Lipinski definition) is 8. The molecule has 11 heteroatoms. The van der Waals surface area contributed by atoms with Crippen molar-refractivity contribution in [3.8, 4) is 0 Å². The fraction of sp³-hybridized carbons (Fsp3) is 0.565. The fourth-order valence-electron chi connectivity index (χ4n) is 4.57. The van der Waals surface area contributed by atoms with Gasteiger partial charge in [-0.3, -0.25) is 0 Å². The molecule has 0 unspecified atom stereocenters. The molecule has 0 spiro atoms. The molecule has 2 aliphatic carbocycles. The molecule has 0 radical (unpaired) electrons. The first-order valence-electron chi connectivity index (χ1n) is 11.8. The van der Waals surface area contributed by atoms with Gasteiger partial charge in [0.25, 0.3) is 0 Å². The maximum atomic E-state index is 13.7. The maximum Gasteiger partial charge on any atom is 0.191 e. The average molecular weight is 491 g/mol. The van der Waals surface area contributed by atoms with E-state index in [1.807, 2.05) is 4.68 Å². The van der Waals surface area contributed by atoms with E-state index in [9.17, 15) is 8.78 Å². The Hall–Kier alpha value is -2.37. The van der Waals surface area contributed by atoms with Gasteiger partial charge in [-0.05, 0) is 49.8 Å². The summed E-state index contributed by atoms with van der Waals surface area (Å²) < 4.78 is 34.6. The van der Waals surface area contributed by atoms with Gasteiger partial charge in [0.2, 0.25) is 0 Å². The molecule has 0 bridgehead atoms. The van der Waals surface area contributed by atoms with Crippen LogP contribution in [-0.2, 0) is 4.74 Å². The van der Waals surface area contributed by atoms with Crippen LogP contribution in [0.2, 0.25) is 0 Å². The zero-order chi connectivity index (χ0) is 23.7. The molecule has 3 aromatic rings. The molecule has 2 saturated carbocycles. The number of rotatable bonds is 10. The number of aliphatic hydroxyl groups excluding tert-OH is 1. The number of benzene rings is 1. The van der Waals surface area contributed by atoms with Gasteiger partial charge >= 0.3 is 0 Å². The summed E-state index contributed by atoms with van der Waals surface area (Å²) >= 11 is 1.59. The number of anilines is 1. The second-order valence-corrected chi connectivity index (χ2v) is 9.92. The second kappa shape index (κ2) is 10.1. The van der Waals surface area contributed by atoms with Crippen LogP contribution in [0.5, 0.6) is 0 Å². The zero-order valence-electron chi connectivity index (χ0n) is 19.0. The fourth-order valence-corrected chi connectivity index (χ4v) is 5.26. The first kappa shape index (κ1) is 23.4. The van der Waals surface area contributed by atoms with E-state index >= 15 is 0 Å². The van der Waals surface area contributed by atoms with Crippen LogP contribution in [0.4, 0.5) is 14.6 Å². The maximum absolute atomic E-state index is 13.7. The van der Waals surface area contributed by atoms with Crippen LogP contribution in [0, 0.1) is 11.6 Å². The number of hydrogen-bond donors (Lipinski definition) is 2. The number of nitrogens with zero attached hydrogens (tertiary/aromatic N) is 5. The minimum atomic E-state index is -0.837. The molecule has 0 saturated heterocycles. The lowest BCUT2D eigenvalue weighted by atomic mass is 10.1. The van der Waals surface area contributed by atoms with E-state index in [1.54, 1.807) is 17.8 Å². The van der Waals surface area contributed by atoms with Crippen molar-refractivity contribution < 1.29 is 18.6 Å². The lowest BCUT2D eigenvalue weighted by molar-refractivity contribution is 0.0309. The molecule has 0 aliphatic heterocycles. The van der Waals surface area contributed by atoms with Gasteiger partial charge in [-0.15, -0.1) is 5.10 Å². The van der Waals surface area contributed by atoms with Gasteiger partial charge in [0.05, 0.1) is 25.4 Å². The van der Waals surface area contributed by atoms with Gasteiger partial charge in [-0.2, -0.15) is 0 Å². The van der Waals surface area contributed by atoms with E-state index in [0.717, 1.165) is 43.4 Å². The Kier molecular flexibility index (Phi) is 6.94. The standard InChI is InChI=1S/C23H28F2N6O2S/c1-2-9-34-23-27-21(26-19-12-16(19)13-3-6-17(24)18(25)10-13)20-22(28-23)31(30-29-20)14-4-5-15(11-14)33-8-7-32/h3,6,10,14-16,19,32H,2,4-5,7-9,11-12H2,1H3,(H,26,27,28)/t14-,15+,16-,19+/m0/s1. The Morgan fingerprint density at radius 2 is 2.09 bits per heavy atom. The minimum absolute atomic E-state index is 0.0143. The monoisotopic (exact) mass is 490 g/mol. The normalized spacial score (nSPS) is 24.1. The molecule has 34 heavy (non-hydrogen) atoms. The molecule has 2 N–H and O–H groups in total. The second-order valence-electron chi connectivity index (χ2n) is 8.86. The lowest BCUT2D eigenvalue weighted by Gasteiger charge is -2.13. The van der Waals surface area contributed by atoms with Crippen LogP contribution in [0.3, 0.4) is 0 Å². The topological polar surface area (TPSA) is 98.0 Å². The van der Waals surface area contributed by atoms with E-state index in [2.05, 4.69) is 22.6 Å². The molecule has 2 aromatic heterocycles. The van der Waals surface area contributed by atoms with Crippen molar-refractivity contribution in [2.45, 2.75) is 68.3 Å². The van der Waals surface area contributed by atoms with E-state index in [1.165, 1.54) is 12.1 Å². The molecule has 0 amide bonds. The Balaban J connectivity index is 1.38. The molecule has 4 atom stereocenters. The summed E-state index contributed by atoms with van der Waals surface area (Å²) in [5.41, 5.74) is 2.07. The summed E-state index contributed by atoms with van der Waals surface area (Å²) in [6, 6.07) is 4.25. The third kappa shape index (κ3) is 4.87. The zero-order valence-corrected chi connectivity index (χ0v) is 19.8. The first-order chi connectivity index (χ1) is 16.6.